The Balaban J connectivity index is 2.01. The van der Waals surface area contributed by atoms with Crippen molar-refractivity contribution in [1.29, 1.82) is 0 Å². The first kappa shape index (κ1) is 12.4. The normalized spacial score (nSPS) is 11.1. The monoisotopic (exact) mass is 292 g/mol. The first-order valence-electron chi connectivity index (χ1n) is 5.71. The molecule has 3 aromatic rings. The zero-order valence-corrected chi connectivity index (χ0v) is 11.4. The van der Waals surface area contributed by atoms with Gasteiger partial charge in [-0.1, -0.05) is 23.7 Å². The van der Waals surface area contributed by atoms with Gasteiger partial charge in [-0.25, -0.2) is 9.37 Å². The molecule has 1 heterocycles. The molecular formula is C14H10ClFN2S. The molecule has 0 atom stereocenters. The van der Waals surface area contributed by atoms with Gasteiger partial charge in [-0.2, -0.15) is 0 Å². The Kier molecular flexibility index (Phi) is 3.12. The minimum Gasteiger partial charge on any atom is -0.397 e. The van der Waals surface area contributed by atoms with Crippen molar-refractivity contribution in [3.05, 3.63) is 57.8 Å². The average molecular weight is 293 g/mol. The zero-order chi connectivity index (χ0) is 13.4. The fourth-order valence-electron chi connectivity index (χ4n) is 1.94. The van der Waals surface area contributed by atoms with Gasteiger partial charge in [0.2, 0.25) is 0 Å². The van der Waals surface area contributed by atoms with Crippen LogP contribution in [0.4, 0.5) is 10.1 Å². The van der Waals surface area contributed by atoms with Gasteiger partial charge in [0.1, 0.15) is 5.82 Å². The standard InChI is InChI=1S/C14H10ClFN2S/c15-10-7-9(16)5-8(14(10)17)6-13-18-11-3-1-2-4-12(11)19-13/h1-5,7H,6,17H2. The molecule has 0 bridgehead atoms. The van der Waals surface area contributed by atoms with E-state index in [0.717, 1.165) is 15.2 Å². The molecule has 0 unspecified atom stereocenters. The minimum absolute atomic E-state index is 0.246. The van der Waals surface area contributed by atoms with Crippen LogP contribution in [-0.4, -0.2) is 4.98 Å². The molecule has 1 aromatic heterocycles. The highest BCUT2D eigenvalue weighted by Gasteiger charge is 2.10. The van der Waals surface area contributed by atoms with Crippen LogP contribution < -0.4 is 5.73 Å². The number of hydrogen-bond acceptors (Lipinski definition) is 3. The van der Waals surface area contributed by atoms with Crippen LogP contribution in [-0.2, 0) is 6.42 Å². The maximum absolute atomic E-state index is 13.4. The predicted molar refractivity (Wildman–Crippen MR) is 78.2 cm³/mol. The van der Waals surface area contributed by atoms with Crippen LogP contribution in [0, 0.1) is 5.82 Å². The van der Waals surface area contributed by atoms with Crippen molar-refractivity contribution in [2.75, 3.05) is 5.73 Å². The molecule has 2 N–H and O–H groups in total. The molecule has 2 nitrogen and oxygen atoms in total. The average Bonchev–Trinajstić information content (AvgIpc) is 2.77. The molecule has 0 aliphatic carbocycles. The Hall–Kier alpha value is -1.65. The van der Waals surface area contributed by atoms with Crippen LogP contribution in [0.25, 0.3) is 10.2 Å². The number of anilines is 1. The third-order valence-corrected chi connectivity index (χ3v) is 4.21. The summed E-state index contributed by atoms with van der Waals surface area (Å²) in [7, 11) is 0. The first-order chi connectivity index (χ1) is 9.13. The number of nitrogens with two attached hydrogens (primary N) is 1. The van der Waals surface area contributed by atoms with Gasteiger partial charge in [-0.15, -0.1) is 11.3 Å². The SMILES string of the molecule is Nc1c(Cl)cc(F)cc1Cc1nc2ccccc2s1. The smallest absolute Gasteiger partial charge is 0.125 e. The van der Waals surface area contributed by atoms with Crippen molar-refractivity contribution < 1.29 is 4.39 Å². The summed E-state index contributed by atoms with van der Waals surface area (Å²) >= 11 is 7.46. The molecule has 96 valence electrons. The zero-order valence-electron chi connectivity index (χ0n) is 9.86. The van der Waals surface area contributed by atoms with E-state index in [0.29, 0.717) is 17.7 Å². The number of thiazole rings is 1. The lowest BCUT2D eigenvalue weighted by Crippen LogP contribution is -1.97. The van der Waals surface area contributed by atoms with Gasteiger partial charge >= 0.3 is 0 Å². The van der Waals surface area contributed by atoms with E-state index in [1.54, 1.807) is 11.3 Å². The molecular weight excluding hydrogens is 283 g/mol. The number of aromatic nitrogens is 1. The lowest BCUT2D eigenvalue weighted by atomic mass is 10.1. The predicted octanol–water partition coefficient (Wildman–Crippen LogP) is 4.26. The van der Waals surface area contributed by atoms with E-state index < -0.39 is 0 Å². The molecule has 0 spiro atoms. The van der Waals surface area contributed by atoms with Crippen LogP contribution in [0.1, 0.15) is 10.6 Å². The minimum atomic E-state index is -0.379. The van der Waals surface area contributed by atoms with Crippen LogP contribution in [0.2, 0.25) is 5.02 Å². The highest BCUT2D eigenvalue weighted by atomic mass is 35.5. The maximum Gasteiger partial charge on any atom is 0.125 e. The Bertz CT molecular complexity index is 721. The molecule has 0 saturated carbocycles. The molecule has 0 amide bonds. The van der Waals surface area contributed by atoms with Gasteiger partial charge in [0.15, 0.2) is 0 Å². The number of benzene rings is 2. The Morgan fingerprint density at radius 3 is 2.84 bits per heavy atom. The fourth-order valence-corrected chi connectivity index (χ4v) is 3.16. The van der Waals surface area contributed by atoms with Crippen molar-refractivity contribution in [3.63, 3.8) is 0 Å². The molecule has 0 saturated heterocycles. The first-order valence-corrected chi connectivity index (χ1v) is 6.91. The van der Waals surface area contributed by atoms with E-state index in [4.69, 9.17) is 17.3 Å². The second-order valence-corrected chi connectivity index (χ2v) is 5.73. The van der Waals surface area contributed by atoms with Gasteiger partial charge in [-0.05, 0) is 29.8 Å². The number of halogens is 2. The van der Waals surface area contributed by atoms with Crippen molar-refractivity contribution >= 4 is 38.8 Å². The summed E-state index contributed by atoms with van der Waals surface area (Å²) in [6, 6.07) is 10.5. The van der Waals surface area contributed by atoms with Gasteiger partial charge in [-0.3, -0.25) is 0 Å². The Morgan fingerprint density at radius 1 is 1.26 bits per heavy atom. The summed E-state index contributed by atoms with van der Waals surface area (Å²) in [6.07, 6.45) is 0.489. The van der Waals surface area contributed by atoms with Gasteiger partial charge in [0.05, 0.1) is 25.9 Å². The summed E-state index contributed by atoms with van der Waals surface area (Å²) < 4.78 is 14.5. The summed E-state index contributed by atoms with van der Waals surface area (Å²) in [5.41, 5.74) is 7.91. The lowest BCUT2D eigenvalue weighted by molar-refractivity contribution is 0.626. The summed E-state index contributed by atoms with van der Waals surface area (Å²) in [4.78, 5) is 4.51. The van der Waals surface area contributed by atoms with Crippen LogP contribution in [0.3, 0.4) is 0 Å². The molecule has 0 aliphatic heterocycles. The highest BCUT2D eigenvalue weighted by Crippen LogP contribution is 2.29. The van der Waals surface area contributed by atoms with Crippen LogP contribution in [0.15, 0.2) is 36.4 Å². The van der Waals surface area contributed by atoms with Gasteiger partial charge in [0.25, 0.3) is 0 Å². The van der Waals surface area contributed by atoms with Crippen molar-refractivity contribution in [2.24, 2.45) is 0 Å². The van der Waals surface area contributed by atoms with E-state index in [9.17, 15) is 4.39 Å². The summed E-state index contributed by atoms with van der Waals surface area (Å²) in [6.45, 7) is 0. The van der Waals surface area contributed by atoms with Crippen LogP contribution in [0.5, 0.6) is 0 Å². The molecule has 0 fully saturated rings. The second-order valence-electron chi connectivity index (χ2n) is 4.21. The molecule has 19 heavy (non-hydrogen) atoms. The Labute approximate surface area is 118 Å². The number of hydrogen-bond donors (Lipinski definition) is 1. The second kappa shape index (κ2) is 4.79. The quantitative estimate of drug-likeness (QED) is 0.717. The third-order valence-electron chi connectivity index (χ3n) is 2.86. The summed E-state index contributed by atoms with van der Waals surface area (Å²) in [5, 5.41) is 1.14. The van der Waals surface area contributed by atoms with Gasteiger partial charge < -0.3 is 5.73 Å². The van der Waals surface area contributed by atoms with Crippen LogP contribution >= 0.6 is 22.9 Å². The molecule has 0 radical (unpaired) electrons. The van der Waals surface area contributed by atoms with E-state index in [1.165, 1.54) is 12.1 Å². The summed E-state index contributed by atoms with van der Waals surface area (Å²) in [5.74, 6) is -0.379. The fraction of sp³-hybridized carbons (Fsp3) is 0.0714. The maximum atomic E-state index is 13.4. The number of nitrogens with zero attached hydrogens (tertiary/aromatic N) is 1. The Morgan fingerprint density at radius 2 is 2.05 bits per heavy atom. The molecule has 3 rings (SSSR count). The van der Waals surface area contributed by atoms with Gasteiger partial charge in [0, 0.05) is 6.42 Å². The third kappa shape index (κ3) is 2.41. The molecule has 5 heteroatoms. The largest absolute Gasteiger partial charge is 0.397 e. The van der Waals surface area contributed by atoms with E-state index in [1.807, 2.05) is 24.3 Å². The number of fused-ring (bicyclic) bond motifs is 1. The molecule has 0 aliphatic rings. The van der Waals surface area contributed by atoms with Crippen molar-refractivity contribution in [1.82, 2.24) is 4.98 Å². The number of para-hydroxylation sites is 1. The highest BCUT2D eigenvalue weighted by molar-refractivity contribution is 7.18. The van der Waals surface area contributed by atoms with Crippen molar-refractivity contribution in [2.45, 2.75) is 6.42 Å². The van der Waals surface area contributed by atoms with E-state index in [-0.39, 0.29) is 10.8 Å². The number of rotatable bonds is 2. The lowest BCUT2D eigenvalue weighted by Gasteiger charge is -2.05. The van der Waals surface area contributed by atoms with E-state index >= 15 is 0 Å². The topological polar surface area (TPSA) is 38.9 Å². The molecule has 2 aromatic carbocycles. The van der Waals surface area contributed by atoms with E-state index in [2.05, 4.69) is 4.98 Å². The van der Waals surface area contributed by atoms with Crippen molar-refractivity contribution in [3.8, 4) is 0 Å². The number of nitrogen functional groups attached to an aromatic ring is 1.